The van der Waals surface area contributed by atoms with E-state index in [4.69, 9.17) is 26.5 Å². The van der Waals surface area contributed by atoms with Crippen LogP contribution in [0.15, 0.2) is 40.8 Å². The number of ether oxygens (including phenoxy) is 1. The minimum absolute atomic E-state index is 0.485. The molecule has 0 saturated heterocycles. The van der Waals surface area contributed by atoms with Crippen molar-refractivity contribution in [2.45, 2.75) is 6.42 Å². The van der Waals surface area contributed by atoms with Crippen LogP contribution in [-0.2, 0) is 6.42 Å². The maximum atomic E-state index is 5.97. The van der Waals surface area contributed by atoms with Gasteiger partial charge in [0.1, 0.15) is 11.3 Å². The van der Waals surface area contributed by atoms with Crippen molar-refractivity contribution >= 4 is 28.4 Å². The molecular formula is C15H13ClN2O2. The molecule has 0 aliphatic rings. The van der Waals surface area contributed by atoms with E-state index in [1.807, 2.05) is 24.3 Å². The molecule has 0 fully saturated rings. The maximum Gasteiger partial charge on any atom is 0.199 e. The summed E-state index contributed by atoms with van der Waals surface area (Å²) in [7, 11) is 1.64. The SMILES string of the molecule is COc1cccc(Cc2nc3cc(Cl)c(N)cc3o2)c1. The highest BCUT2D eigenvalue weighted by molar-refractivity contribution is 6.33. The van der Waals surface area contributed by atoms with Crippen LogP contribution in [0.2, 0.25) is 5.02 Å². The number of nitrogens with zero attached hydrogens (tertiary/aromatic N) is 1. The Morgan fingerprint density at radius 1 is 1.30 bits per heavy atom. The molecule has 0 unspecified atom stereocenters. The summed E-state index contributed by atoms with van der Waals surface area (Å²) >= 11 is 5.97. The number of oxazole rings is 1. The van der Waals surface area contributed by atoms with Crippen LogP contribution in [0.25, 0.3) is 11.1 Å². The number of rotatable bonds is 3. The molecule has 0 aliphatic carbocycles. The van der Waals surface area contributed by atoms with E-state index in [1.165, 1.54) is 0 Å². The number of halogens is 1. The van der Waals surface area contributed by atoms with Gasteiger partial charge in [-0.25, -0.2) is 4.98 Å². The number of aromatic nitrogens is 1. The Balaban J connectivity index is 1.94. The Labute approximate surface area is 121 Å². The number of nitrogens with two attached hydrogens (primary N) is 1. The minimum atomic E-state index is 0.485. The van der Waals surface area contributed by atoms with Gasteiger partial charge >= 0.3 is 0 Å². The molecular weight excluding hydrogens is 276 g/mol. The summed E-state index contributed by atoms with van der Waals surface area (Å²) in [5.74, 6) is 1.43. The topological polar surface area (TPSA) is 61.3 Å². The molecule has 0 saturated carbocycles. The molecule has 20 heavy (non-hydrogen) atoms. The highest BCUT2D eigenvalue weighted by Gasteiger charge is 2.09. The second kappa shape index (κ2) is 5.06. The number of fused-ring (bicyclic) bond motifs is 1. The van der Waals surface area contributed by atoms with Gasteiger partial charge in [-0.2, -0.15) is 0 Å². The lowest BCUT2D eigenvalue weighted by Crippen LogP contribution is -1.89. The molecule has 0 radical (unpaired) electrons. The van der Waals surface area contributed by atoms with Crippen LogP contribution in [0.4, 0.5) is 5.69 Å². The van der Waals surface area contributed by atoms with Crippen molar-refractivity contribution in [3.05, 3.63) is 52.9 Å². The van der Waals surface area contributed by atoms with E-state index in [0.29, 0.717) is 34.1 Å². The molecule has 0 spiro atoms. The van der Waals surface area contributed by atoms with Crippen LogP contribution >= 0.6 is 11.6 Å². The van der Waals surface area contributed by atoms with Gasteiger partial charge in [-0.3, -0.25) is 0 Å². The molecule has 0 atom stereocenters. The van der Waals surface area contributed by atoms with E-state index in [9.17, 15) is 0 Å². The monoisotopic (exact) mass is 288 g/mol. The van der Waals surface area contributed by atoms with Crippen molar-refractivity contribution in [1.82, 2.24) is 4.98 Å². The zero-order chi connectivity index (χ0) is 14.1. The van der Waals surface area contributed by atoms with Crippen molar-refractivity contribution in [2.24, 2.45) is 0 Å². The lowest BCUT2D eigenvalue weighted by Gasteiger charge is -2.01. The van der Waals surface area contributed by atoms with E-state index < -0.39 is 0 Å². The Morgan fingerprint density at radius 2 is 2.15 bits per heavy atom. The number of nitrogen functional groups attached to an aromatic ring is 1. The van der Waals surface area contributed by atoms with Gasteiger partial charge in [0.2, 0.25) is 0 Å². The van der Waals surface area contributed by atoms with Gasteiger partial charge in [0.15, 0.2) is 11.5 Å². The quantitative estimate of drug-likeness (QED) is 0.747. The largest absolute Gasteiger partial charge is 0.497 e. The fourth-order valence-corrected chi connectivity index (χ4v) is 2.20. The van der Waals surface area contributed by atoms with Gasteiger partial charge in [-0.05, 0) is 23.8 Å². The Morgan fingerprint density at radius 3 is 2.95 bits per heavy atom. The van der Waals surface area contributed by atoms with E-state index in [1.54, 1.807) is 19.2 Å². The highest BCUT2D eigenvalue weighted by Crippen LogP contribution is 2.27. The second-order valence-corrected chi connectivity index (χ2v) is 4.88. The molecule has 3 rings (SSSR count). The second-order valence-electron chi connectivity index (χ2n) is 4.48. The maximum absolute atomic E-state index is 5.97. The molecule has 3 aromatic rings. The first-order chi connectivity index (χ1) is 9.65. The summed E-state index contributed by atoms with van der Waals surface area (Å²) in [5.41, 5.74) is 8.66. The molecule has 4 nitrogen and oxygen atoms in total. The molecule has 1 aromatic heterocycles. The molecule has 2 aromatic carbocycles. The third-order valence-corrected chi connectivity index (χ3v) is 3.37. The smallest absolute Gasteiger partial charge is 0.199 e. The first-order valence-electron chi connectivity index (χ1n) is 6.13. The Hall–Kier alpha value is -2.20. The van der Waals surface area contributed by atoms with E-state index in [2.05, 4.69) is 4.98 Å². The van der Waals surface area contributed by atoms with Crippen molar-refractivity contribution < 1.29 is 9.15 Å². The van der Waals surface area contributed by atoms with Gasteiger partial charge in [0.25, 0.3) is 0 Å². The molecule has 102 valence electrons. The first kappa shape index (κ1) is 12.8. The number of hydrogen-bond acceptors (Lipinski definition) is 4. The van der Waals surface area contributed by atoms with E-state index >= 15 is 0 Å². The third-order valence-electron chi connectivity index (χ3n) is 3.04. The summed E-state index contributed by atoms with van der Waals surface area (Å²) in [4.78, 5) is 4.42. The van der Waals surface area contributed by atoms with E-state index in [-0.39, 0.29) is 0 Å². The summed E-state index contributed by atoms with van der Waals surface area (Å²) < 4.78 is 10.9. The fourth-order valence-electron chi connectivity index (χ4n) is 2.04. The van der Waals surface area contributed by atoms with Crippen LogP contribution in [0, 0.1) is 0 Å². The van der Waals surface area contributed by atoms with E-state index in [0.717, 1.165) is 11.3 Å². The summed E-state index contributed by atoms with van der Waals surface area (Å²) in [6.45, 7) is 0. The number of hydrogen-bond donors (Lipinski definition) is 1. The predicted octanol–water partition coefficient (Wildman–Crippen LogP) is 3.66. The zero-order valence-electron chi connectivity index (χ0n) is 10.9. The Kier molecular flexibility index (Phi) is 3.24. The van der Waals surface area contributed by atoms with Crippen LogP contribution < -0.4 is 10.5 Å². The van der Waals surface area contributed by atoms with Gasteiger partial charge in [0.05, 0.1) is 17.8 Å². The average Bonchev–Trinajstić information content (AvgIpc) is 2.80. The average molecular weight is 289 g/mol. The first-order valence-corrected chi connectivity index (χ1v) is 6.51. The molecule has 0 bridgehead atoms. The standard InChI is InChI=1S/C15H13ClN2O2/c1-19-10-4-2-3-9(5-10)6-15-18-13-7-11(16)12(17)8-14(13)20-15/h2-5,7-8H,6,17H2,1H3. The van der Waals surface area contributed by atoms with Crippen molar-refractivity contribution in [3.8, 4) is 5.75 Å². The third kappa shape index (κ3) is 2.42. The summed E-state index contributed by atoms with van der Waals surface area (Å²) in [6.07, 6.45) is 0.587. The van der Waals surface area contributed by atoms with Crippen LogP contribution in [0.3, 0.4) is 0 Å². The van der Waals surface area contributed by atoms with Gasteiger partial charge in [-0.15, -0.1) is 0 Å². The number of benzene rings is 2. The van der Waals surface area contributed by atoms with Crippen molar-refractivity contribution in [3.63, 3.8) is 0 Å². The van der Waals surface area contributed by atoms with Crippen LogP contribution in [-0.4, -0.2) is 12.1 Å². The molecule has 1 heterocycles. The zero-order valence-corrected chi connectivity index (χ0v) is 11.6. The molecule has 2 N–H and O–H groups in total. The fraction of sp³-hybridized carbons (Fsp3) is 0.133. The highest BCUT2D eigenvalue weighted by atomic mass is 35.5. The Bertz CT molecular complexity index is 729. The normalized spacial score (nSPS) is 10.9. The lowest BCUT2D eigenvalue weighted by molar-refractivity contribution is 0.414. The number of anilines is 1. The molecule has 0 amide bonds. The summed E-state index contributed by atoms with van der Waals surface area (Å²) in [5, 5.41) is 0.485. The molecule has 0 aliphatic heterocycles. The van der Waals surface area contributed by atoms with Gasteiger partial charge < -0.3 is 14.9 Å². The number of methoxy groups -OCH3 is 1. The lowest BCUT2D eigenvalue weighted by atomic mass is 10.1. The molecule has 5 heteroatoms. The van der Waals surface area contributed by atoms with Crippen molar-refractivity contribution in [1.29, 1.82) is 0 Å². The van der Waals surface area contributed by atoms with Gasteiger partial charge in [0, 0.05) is 12.5 Å². The summed E-state index contributed by atoms with van der Waals surface area (Å²) in [6, 6.07) is 11.2. The predicted molar refractivity (Wildman–Crippen MR) is 79.2 cm³/mol. The minimum Gasteiger partial charge on any atom is -0.497 e. The van der Waals surface area contributed by atoms with Crippen LogP contribution in [0.1, 0.15) is 11.5 Å². The van der Waals surface area contributed by atoms with Crippen molar-refractivity contribution in [2.75, 3.05) is 12.8 Å². The van der Waals surface area contributed by atoms with Gasteiger partial charge in [-0.1, -0.05) is 23.7 Å². The van der Waals surface area contributed by atoms with Crippen LogP contribution in [0.5, 0.6) is 5.75 Å².